The lowest BCUT2D eigenvalue weighted by atomic mass is 10.1. The molecular formula is C23H36N6O. The Hall–Kier alpha value is -2.54. The summed E-state index contributed by atoms with van der Waals surface area (Å²) in [6.45, 7) is 8.43. The molecule has 2 amide bonds. The number of carbonyl (C=O) groups is 1. The number of anilines is 1. The number of hydrogen-bond donors (Lipinski definition) is 2. The Morgan fingerprint density at radius 3 is 2.43 bits per heavy atom. The summed E-state index contributed by atoms with van der Waals surface area (Å²) in [5.74, 6) is 0.599. The van der Waals surface area contributed by atoms with Crippen LogP contribution >= 0.6 is 0 Å². The number of likely N-dealkylation sites (tertiary alicyclic amines) is 1. The van der Waals surface area contributed by atoms with Gasteiger partial charge in [-0.1, -0.05) is 26.0 Å². The summed E-state index contributed by atoms with van der Waals surface area (Å²) in [6.07, 6.45) is 3.91. The van der Waals surface area contributed by atoms with Crippen LogP contribution < -0.4 is 10.6 Å². The molecule has 0 aliphatic carbocycles. The summed E-state index contributed by atoms with van der Waals surface area (Å²) >= 11 is 0. The Balaban J connectivity index is 1.65. The fourth-order valence-electron chi connectivity index (χ4n) is 3.63. The van der Waals surface area contributed by atoms with Crippen LogP contribution in [0.1, 0.15) is 37.9 Å². The first kappa shape index (κ1) is 22.2. The van der Waals surface area contributed by atoms with Gasteiger partial charge in [0.1, 0.15) is 0 Å². The molecule has 2 aromatic rings. The number of urea groups is 1. The molecule has 0 bridgehead atoms. The Bertz CT molecular complexity index is 792. The normalized spacial score (nSPS) is 15.4. The van der Waals surface area contributed by atoms with Crippen molar-refractivity contribution in [3.8, 4) is 0 Å². The molecule has 2 N–H and O–H groups in total. The lowest BCUT2D eigenvalue weighted by molar-refractivity contribution is 0.175. The van der Waals surface area contributed by atoms with E-state index in [1.165, 1.54) is 0 Å². The zero-order chi connectivity index (χ0) is 21.5. The maximum atomic E-state index is 13.1. The highest BCUT2D eigenvalue weighted by Crippen LogP contribution is 2.15. The number of hydrogen-bond acceptors (Lipinski definition) is 4. The van der Waals surface area contributed by atoms with Gasteiger partial charge in [0.15, 0.2) is 0 Å². The molecule has 7 heteroatoms. The molecule has 30 heavy (non-hydrogen) atoms. The van der Waals surface area contributed by atoms with Gasteiger partial charge < -0.3 is 20.4 Å². The molecule has 0 saturated carbocycles. The van der Waals surface area contributed by atoms with Crippen LogP contribution in [0.3, 0.4) is 0 Å². The highest BCUT2D eigenvalue weighted by molar-refractivity contribution is 5.74. The molecule has 0 radical (unpaired) electrons. The maximum absolute atomic E-state index is 13.1. The number of aromatic nitrogens is 2. The molecule has 0 spiro atoms. The van der Waals surface area contributed by atoms with E-state index in [-0.39, 0.29) is 12.1 Å². The van der Waals surface area contributed by atoms with Crippen molar-refractivity contribution in [3.63, 3.8) is 0 Å². The summed E-state index contributed by atoms with van der Waals surface area (Å²) in [6, 6.07) is 10.6. The van der Waals surface area contributed by atoms with E-state index in [4.69, 9.17) is 0 Å². The van der Waals surface area contributed by atoms with Crippen molar-refractivity contribution in [3.05, 3.63) is 47.8 Å². The van der Waals surface area contributed by atoms with Crippen molar-refractivity contribution < 1.29 is 4.79 Å². The highest BCUT2D eigenvalue weighted by Gasteiger charge is 2.22. The van der Waals surface area contributed by atoms with Gasteiger partial charge in [-0.25, -0.2) is 4.79 Å². The van der Waals surface area contributed by atoms with Gasteiger partial charge in [-0.05, 0) is 62.7 Å². The quantitative estimate of drug-likeness (QED) is 0.698. The number of amides is 2. The molecule has 1 fully saturated rings. The third-order valence-corrected chi connectivity index (χ3v) is 5.50. The van der Waals surface area contributed by atoms with Crippen molar-refractivity contribution >= 4 is 11.7 Å². The molecule has 7 nitrogen and oxygen atoms in total. The number of benzene rings is 1. The van der Waals surface area contributed by atoms with E-state index < -0.39 is 0 Å². The SMILES string of the molecule is CC(C)CNc1ccc(CN(Cc2ccn(C)n2)C(=O)NC2CCN(C)CC2)cc1. The van der Waals surface area contributed by atoms with Gasteiger partial charge in [-0.3, -0.25) is 4.68 Å². The first-order chi connectivity index (χ1) is 14.4. The third-order valence-electron chi connectivity index (χ3n) is 5.50. The first-order valence-corrected chi connectivity index (χ1v) is 10.9. The van der Waals surface area contributed by atoms with E-state index in [0.717, 1.165) is 49.4 Å². The summed E-state index contributed by atoms with van der Waals surface area (Å²) in [5, 5.41) is 11.1. The van der Waals surface area contributed by atoms with Crippen LogP contribution in [0, 0.1) is 5.92 Å². The van der Waals surface area contributed by atoms with E-state index in [2.05, 4.69) is 65.8 Å². The number of rotatable bonds is 8. The minimum absolute atomic E-state index is 0.0165. The third kappa shape index (κ3) is 6.76. The zero-order valence-electron chi connectivity index (χ0n) is 18.8. The molecule has 1 aromatic heterocycles. The Morgan fingerprint density at radius 2 is 1.83 bits per heavy atom. The van der Waals surface area contributed by atoms with E-state index >= 15 is 0 Å². The molecule has 164 valence electrons. The van der Waals surface area contributed by atoms with Crippen molar-refractivity contribution in [2.75, 3.05) is 32.0 Å². The predicted molar refractivity (Wildman–Crippen MR) is 121 cm³/mol. The topological polar surface area (TPSA) is 65.4 Å². The van der Waals surface area contributed by atoms with E-state index in [0.29, 0.717) is 19.0 Å². The average molecular weight is 413 g/mol. The van der Waals surface area contributed by atoms with Crippen molar-refractivity contribution in [2.45, 2.75) is 45.8 Å². The molecule has 0 atom stereocenters. The second kappa shape index (κ2) is 10.5. The largest absolute Gasteiger partial charge is 0.385 e. The zero-order valence-corrected chi connectivity index (χ0v) is 18.8. The molecule has 1 aliphatic rings. The molecular weight excluding hydrogens is 376 g/mol. The predicted octanol–water partition coefficient (Wildman–Crippen LogP) is 3.29. The van der Waals surface area contributed by atoms with Crippen molar-refractivity contribution in [1.29, 1.82) is 0 Å². The molecule has 1 aromatic carbocycles. The summed E-state index contributed by atoms with van der Waals surface area (Å²) in [4.78, 5) is 17.3. The Morgan fingerprint density at radius 1 is 1.13 bits per heavy atom. The van der Waals surface area contributed by atoms with Gasteiger partial charge in [-0.15, -0.1) is 0 Å². The van der Waals surface area contributed by atoms with Crippen LogP contribution in [0.5, 0.6) is 0 Å². The average Bonchev–Trinajstić information content (AvgIpc) is 3.13. The van der Waals surface area contributed by atoms with Crippen LogP contribution in [0.15, 0.2) is 36.5 Å². The summed E-state index contributed by atoms with van der Waals surface area (Å²) in [5.41, 5.74) is 3.12. The van der Waals surface area contributed by atoms with Crippen molar-refractivity contribution in [2.24, 2.45) is 13.0 Å². The van der Waals surface area contributed by atoms with Gasteiger partial charge in [-0.2, -0.15) is 5.10 Å². The summed E-state index contributed by atoms with van der Waals surface area (Å²) < 4.78 is 1.78. The minimum atomic E-state index is -0.0165. The second-order valence-electron chi connectivity index (χ2n) is 8.84. The lowest BCUT2D eigenvalue weighted by Crippen LogP contribution is -2.48. The van der Waals surface area contributed by atoms with Crippen molar-refractivity contribution in [1.82, 2.24) is 24.9 Å². The molecule has 0 unspecified atom stereocenters. The lowest BCUT2D eigenvalue weighted by Gasteiger charge is -2.31. The number of nitrogens with one attached hydrogen (secondary N) is 2. The molecule has 1 saturated heterocycles. The van der Waals surface area contributed by atoms with Gasteiger partial charge in [0.05, 0.1) is 12.2 Å². The summed E-state index contributed by atoms with van der Waals surface area (Å²) in [7, 11) is 4.03. The molecule has 2 heterocycles. The number of piperidine rings is 1. The Labute approximate surface area is 180 Å². The van der Waals surface area contributed by atoms with Gasteiger partial charge in [0, 0.05) is 38.1 Å². The van der Waals surface area contributed by atoms with Gasteiger partial charge >= 0.3 is 6.03 Å². The first-order valence-electron chi connectivity index (χ1n) is 10.9. The minimum Gasteiger partial charge on any atom is -0.385 e. The monoisotopic (exact) mass is 412 g/mol. The molecule has 1 aliphatic heterocycles. The fraction of sp³-hybridized carbons (Fsp3) is 0.565. The van der Waals surface area contributed by atoms with Crippen LogP contribution in [0.25, 0.3) is 0 Å². The molecule has 3 rings (SSSR count). The standard InChI is InChI=1S/C23H36N6O/c1-18(2)15-24-20-7-5-19(6-8-20)16-29(17-22-11-14-28(4)26-22)23(30)25-21-9-12-27(3)13-10-21/h5-8,11,14,18,21,24H,9-10,12-13,15-17H2,1-4H3,(H,25,30). The number of aryl methyl sites for hydroxylation is 1. The fourth-order valence-corrected chi connectivity index (χ4v) is 3.63. The van der Waals surface area contributed by atoms with E-state index in [1.54, 1.807) is 4.68 Å². The van der Waals surface area contributed by atoms with Crippen LogP contribution in [-0.4, -0.2) is 58.3 Å². The van der Waals surface area contributed by atoms with E-state index in [9.17, 15) is 4.79 Å². The second-order valence-corrected chi connectivity index (χ2v) is 8.84. The maximum Gasteiger partial charge on any atom is 0.318 e. The number of nitrogens with zero attached hydrogens (tertiary/aromatic N) is 4. The van der Waals surface area contributed by atoms with Crippen LogP contribution in [0.2, 0.25) is 0 Å². The smallest absolute Gasteiger partial charge is 0.318 e. The number of carbonyl (C=O) groups excluding carboxylic acids is 1. The van der Waals surface area contributed by atoms with Gasteiger partial charge in [0.2, 0.25) is 0 Å². The highest BCUT2D eigenvalue weighted by atomic mass is 16.2. The van der Waals surface area contributed by atoms with Crippen LogP contribution in [-0.2, 0) is 20.1 Å². The van der Waals surface area contributed by atoms with E-state index in [1.807, 2.05) is 24.2 Å². The Kier molecular flexibility index (Phi) is 7.74. The van der Waals surface area contributed by atoms with Crippen LogP contribution in [0.4, 0.5) is 10.5 Å². The van der Waals surface area contributed by atoms with Gasteiger partial charge in [0.25, 0.3) is 0 Å².